The number of rotatable bonds is 7. The summed E-state index contributed by atoms with van der Waals surface area (Å²) >= 11 is 18.0. The quantitative estimate of drug-likeness (QED) is 0.461. The van der Waals surface area contributed by atoms with E-state index in [1.54, 1.807) is 37.4 Å². The minimum absolute atomic E-state index is 0.0796. The van der Waals surface area contributed by atoms with Crippen LogP contribution in [0.2, 0.25) is 15.1 Å². The summed E-state index contributed by atoms with van der Waals surface area (Å²) in [5.74, 6) is -1.30. The molecule has 0 unspecified atom stereocenters. The number of carboxylic acids is 1. The van der Waals surface area contributed by atoms with Gasteiger partial charge < -0.3 is 5.11 Å². The van der Waals surface area contributed by atoms with Crippen molar-refractivity contribution in [2.24, 2.45) is 11.0 Å². The molecule has 0 aliphatic rings. The van der Waals surface area contributed by atoms with E-state index in [9.17, 15) is 9.90 Å². The summed E-state index contributed by atoms with van der Waals surface area (Å²) in [6, 6.07) is 12.3. The molecule has 4 nitrogen and oxygen atoms in total. The Morgan fingerprint density at radius 2 is 1.73 bits per heavy atom. The lowest BCUT2D eigenvalue weighted by Gasteiger charge is -2.20. The highest BCUT2D eigenvalue weighted by molar-refractivity contribution is 6.37. The Hall–Kier alpha value is -1.75. The molecule has 0 heterocycles. The Bertz CT molecular complexity index is 807. The molecule has 26 heavy (non-hydrogen) atoms. The predicted octanol–water partition coefficient (Wildman–Crippen LogP) is 5.79. The highest BCUT2D eigenvalue weighted by atomic mass is 35.5. The van der Waals surface area contributed by atoms with Crippen molar-refractivity contribution >= 4 is 52.2 Å². The van der Waals surface area contributed by atoms with E-state index in [1.807, 2.05) is 19.1 Å². The van der Waals surface area contributed by atoms with Gasteiger partial charge in [-0.2, -0.15) is 5.10 Å². The molecule has 0 amide bonds. The topological polar surface area (TPSA) is 52.9 Å². The molecule has 0 saturated heterocycles. The van der Waals surface area contributed by atoms with Crippen molar-refractivity contribution < 1.29 is 9.90 Å². The van der Waals surface area contributed by atoms with E-state index < -0.39 is 5.97 Å². The zero-order valence-electron chi connectivity index (χ0n) is 14.4. The summed E-state index contributed by atoms with van der Waals surface area (Å²) < 4.78 is 0. The molecule has 0 radical (unpaired) electrons. The van der Waals surface area contributed by atoms with Gasteiger partial charge in [0, 0.05) is 23.0 Å². The van der Waals surface area contributed by atoms with Crippen LogP contribution in [-0.4, -0.2) is 23.8 Å². The fourth-order valence-electron chi connectivity index (χ4n) is 2.60. The SMILES string of the molecule is CC[C@@H](Cc1ccc(Cl)cc1)/C(=N\N(C)c1ccc(Cl)cc1Cl)C(=O)O. The van der Waals surface area contributed by atoms with E-state index in [0.717, 1.165) is 5.56 Å². The van der Waals surface area contributed by atoms with E-state index in [1.165, 1.54) is 5.01 Å². The van der Waals surface area contributed by atoms with Gasteiger partial charge in [0.1, 0.15) is 5.71 Å². The number of benzene rings is 2. The summed E-state index contributed by atoms with van der Waals surface area (Å²) in [7, 11) is 1.66. The monoisotopic (exact) mass is 412 g/mol. The summed E-state index contributed by atoms with van der Waals surface area (Å²) in [6.45, 7) is 1.94. The molecule has 1 N–H and O–H groups in total. The first-order chi connectivity index (χ1) is 12.3. The molecule has 7 heteroatoms. The highest BCUT2D eigenvalue weighted by Crippen LogP contribution is 2.28. The maximum atomic E-state index is 11.8. The third kappa shape index (κ3) is 5.37. The van der Waals surface area contributed by atoms with Gasteiger partial charge in [0.25, 0.3) is 0 Å². The van der Waals surface area contributed by atoms with Crippen molar-refractivity contribution in [2.75, 3.05) is 12.1 Å². The standard InChI is InChI=1S/C19H19Cl3N2O2/c1-3-13(10-12-4-6-14(20)7-5-12)18(19(25)26)23-24(2)17-9-8-15(21)11-16(17)22/h4-9,11,13H,3,10H2,1-2H3,(H,25,26)/b23-18+/t13-/m0/s1. The van der Waals surface area contributed by atoms with Crippen LogP contribution in [0.1, 0.15) is 18.9 Å². The fraction of sp³-hybridized carbons (Fsp3) is 0.263. The molecule has 0 aliphatic heterocycles. The summed E-state index contributed by atoms with van der Waals surface area (Å²) in [5.41, 5.74) is 1.66. The largest absolute Gasteiger partial charge is 0.477 e. The van der Waals surface area contributed by atoms with Crippen molar-refractivity contribution in [3.63, 3.8) is 0 Å². The van der Waals surface area contributed by atoms with Crippen molar-refractivity contribution in [3.8, 4) is 0 Å². The van der Waals surface area contributed by atoms with Crippen LogP contribution in [-0.2, 0) is 11.2 Å². The third-order valence-electron chi connectivity index (χ3n) is 4.01. The number of hydrazone groups is 1. The minimum Gasteiger partial charge on any atom is -0.477 e. The van der Waals surface area contributed by atoms with Crippen LogP contribution in [0.15, 0.2) is 47.6 Å². The molecule has 0 bridgehead atoms. The van der Waals surface area contributed by atoms with Crippen molar-refractivity contribution in [1.82, 2.24) is 0 Å². The van der Waals surface area contributed by atoms with Gasteiger partial charge in [-0.15, -0.1) is 0 Å². The second kappa shape index (κ2) is 9.26. The normalized spacial score (nSPS) is 12.7. The number of anilines is 1. The maximum Gasteiger partial charge on any atom is 0.352 e. The summed E-state index contributed by atoms with van der Waals surface area (Å²) in [4.78, 5) is 11.8. The van der Waals surface area contributed by atoms with Crippen molar-refractivity contribution in [2.45, 2.75) is 19.8 Å². The molecular formula is C19H19Cl3N2O2. The Morgan fingerprint density at radius 1 is 1.12 bits per heavy atom. The fourth-order valence-corrected chi connectivity index (χ4v) is 3.25. The molecule has 2 aromatic carbocycles. The molecule has 2 rings (SSSR count). The van der Waals surface area contributed by atoms with Gasteiger partial charge in [0.05, 0.1) is 10.7 Å². The van der Waals surface area contributed by atoms with E-state index in [-0.39, 0.29) is 11.6 Å². The van der Waals surface area contributed by atoms with Crippen LogP contribution >= 0.6 is 34.8 Å². The van der Waals surface area contributed by atoms with Gasteiger partial charge in [-0.25, -0.2) is 4.79 Å². The van der Waals surface area contributed by atoms with Gasteiger partial charge in [0.15, 0.2) is 0 Å². The molecule has 0 saturated carbocycles. The Balaban J connectivity index is 2.30. The molecule has 0 fully saturated rings. The van der Waals surface area contributed by atoms with Crippen LogP contribution in [0.4, 0.5) is 5.69 Å². The lowest BCUT2D eigenvalue weighted by Crippen LogP contribution is -2.28. The Kier molecular flexibility index (Phi) is 7.33. The molecule has 1 atom stereocenters. The number of halogens is 3. The van der Waals surface area contributed by atoms with E-state index >= 15 is 0 Å². The molecule has 0 spiro atoms. The van der Waals surface area contributed by atoms with Crippen LogP contribution in [0.3, 0.4) is 0 Å². The number of carbonyl (C=O) groups is 1. The average molecular weight is 414 g/mol. The maximum absolute atomic E-state index is 11.8. The van der Waals surface area contributed by atoms with Crippen LogP contribution < -0.4 is 5.01 Å². The van der Waals surface area contributed by atoms with Gasteiger partial charge in [-0.1, -0.05) is 53.9 Å². The molecule has 2 aromatic rings. The van der Waals surface area contributed by atoms with Gasteiger partial charge in [-0.3, -0.25) is 5.01 Å². The minimum atomic E-state index is -1.05. The molecule has 0 aromatic heterocycles. The van der Waals surface area contributed by atoms with E-state index in [2.05, 4.69) is 5.10 Å². The van der Waals surface area contributed by atoms with E-state index in [0.29, 0.717) is 33.6 Å². The second-order valence-electron chi connectivity index (χ2n) is 5.85. The molecule has 0 aliphatic carbocycles. The Labute approximate surface area is 168 Å². The van der Waals surface area contributed by atoms with Crippen molar-refractivity contribution in [3.05, 3.63) is 63.1 Å². The van der Waals surface area contributed by atoms with Crippen LogP contribution in [0.5, 0.6) is 0 Å². The first-order valence-corrected chi connectivity index (χ1v) is 9.20. The number of carboxylic acid groups (broad SMARTS) is 1. The summed E-state index contributed by atoms with van der Waals surface area (Å²) in [6.07, 6.45) is 1.19. The lowest BCUT2D eigenvalue weighted by atomic mass is 9.92. The smallest absolute Gasteiger partial charge is 0.352 e. The van der Waals surface area contributed by atoms with Gasteiger partial charge in [-0.05, 0) is 48.7 Å². The van der Waals surface area contributed by atoms with Gasteiger partial charge in [0.2, 0.25) is 0 Å². The third-order valence-corrected chi connectivity index (χ3v) is 4.80. The van der Waals surface area contributed by atoms with Crippen molar-refractivity contribution in [1.29, 1.82) is 0 Å². The Morgan fingerprint density at radius 3 is 2.27 bits per heavy atom. The number of nitrogens with zero attached hydrogens (tertiary/aromatic N) is 2. The number of hydrogen-bond acceptors (Lipinski definition) is 3. The summed E-state index contributed by atoms with van der Waals surface area (Å²) in [5, 5.41) is 17.0. The highest BCUT2D eigenvalue weighted by Gasteiger charge is 2.23. The van der Waals surface area contributed by atoms with Gasteiger partial charge >= 0.3 is 5.97 Å². The molecular weight excluding hydrogens is 395 g/mol. The van der Waals surface area contributed by atoms with Crippen LogP contribution in [0, 0.1) is 5.92 Å². The van der Waals surface area contributed by atoms with E-state index in [4.69, 9.17) is 34.8 Å². The lowest BCUT2D eigenvalue weighted by molar-refractivity contribution is -0.129. The predicted molar refractivity (Wildman–Crippen MR) is 109 cm³/mol. The number of hydrogen-bond donors (Lipinski definition) is 1. The van der Waals surface area contributed by atoms with Crippen LogP contribution in [0.25, 0.3) is 0 Å². The first-order valence-electron chi connectivity index (χ1n) is 8.06. The first kappa shape index (κ1) is 20.6. The molecule has 138 valence electrons. The average Bonchev–Trinajstić information content (AvgIpc) is 2.59. The number of aliphatic carboxylic acids is 1. The zero-order chi connectivity index (χ0) is 19.3. The second-order valence-corrected chi connectivity index (χ2v) is 7.13. The zero-order valence-corrected chi connectivity index (χ0v) is 16.7.